The monoisotopic (exact) mass is 303 g/mol. The maximum Gasteiger partial charge on any atom is 0.335 e. The molecule has 0 aliphatic carbocycles. The number of rotatable bonds is 4. The van der Waals surface area contributed by atoms with Crippen molar-refractivity contribution < 1.29 is 9.53 Å². The van der Waals surface area contributed by atoms with Crippen molar-refractivity contribution in [1.29, 1.82) is 0 Å². The van der Waals surface area contributed by atoms with E-state index in [1.807, 2.05) is 43.3 Å². The number of halogens is 1. The lowest BCUT2D eigenvalue weighted by Crippen LogP contribution is -2.41. The van der Waals surface area contributed by atoms with Gasteiger partial charge < -0.3 is 10.1 Å². The third-order valence-electron chi connectivity index (χ3n) is 3.46. The number of ether oxygens (including phenoxy) is 1. The maximum absolute atomic E-state index is 12.3. The molecule has 4 heteroatoms. The Hall–Kier alpha value is -2.00. The van der Waals surface area contributed by atoms with Gasteiger partial charge in [-0.1, -0.05) is 41.4 Å². The standard InChI is InChI=1S/C17H18ClNO2/c1-12-4-6-13(7-5-12)17(2,16(20)21-3)19-15-10-8-14(18)9-11-15/h4-11,19H,1-3H3. The van der Waals surface area contributed by atoms with E-state index in [0.717, 1.165) is 16.8 Å². The Kier molecular flexibility index (Phi) is 4.53. The number of carbonyl (C=O) groups excluding carboxylic acids is 1. The van der Waals surface area contributed by atoms with Gasteiger partial charge in [0, 0.05) is 10.7 Å². The van der Waals surface area contributed by atoms with Gasteiger partial charge in [0.15, 0.2) is 5.54 Å². The highest BCUT2D eigenvalue weighted by molar-refractivity contribution is 6.30. The smallest absolute Gasteiger partial charge is 0.335 e. The molecule has 3 nitrogen and oxygen atoms in total. The molecule has 2 aromatic carbocycles. The lowest BCUT2D eigenvalue weighted by Gasteiger charge is -2.29. The Morgan fingerprint density at radius 1 is 1.10 bits per heavy atom. The second-order valence-corrected chi connectivity index (χ2v) is 5.55. The number of benzene rings is 2. The van der Waals surface area contributed by atoms with E-state index in [9.17, 15) is 4.79 Å². The third-order valence-corrected chi connectivity index (χ3v) is 3.71. The zero-order valence-corrected chi connectivity index (χ0v) is 13.1. The number of esters is 1. The molecule has 0 aliphatic heterocycles. The van der Waals surface area contributed by atoms with Crippen LogP contribution in [0.4, 0.5) is 5.69 Å². The van der Waals surface area contributed by atoms with Gasteiger partial charge in [-0.25, -0.2) is 4.79 Å². The van der Waals surface area contributed by atoms with Crippen molar-refractivity contribution in [3.05, 3.63) is 64.7 Å². The lowest BCUT2D eigenvalue weighted by atomic mass is 9.91. The first-order chi connectivity index (χ1) is 9.95. The van der Waals surface area contributed by atoms with Gasteiger partial charge >= 0.3 is 5.97 Å². The summed E-state index contributed by atoms with van der Waals surface area (Å²) in [7, 11) is 1.39. The van der Waals surface area contributed by atoms with Crippen LogP contribution in [0.1, 0.15) is 18.1 Å². The Morgan fingerprint density at radius 3 is 2.19 bits per heavy atom. The number of aryl methyl sites for hydroxylation is 1. The largest absolute Gasteiger partial charge is 0.467 e. The summed E-state index contributed by atoms with van der Waals surface area (Å²) in [6, 6.07) is 15.0. The summed E-state index contributed by atoms with van der Waals surface area (Å²) in [6.45, 7) is 3.81. The molecule has 1 atom stereocenters. The van der Waals surface area contributed by atoms with E-state index in [1.54, 1.807) is 19.1 Å². The molecule has 0 heterocycles. The van der Waals surface area contributed by atoms with Crippen LogP contribution in [0.3, 0.4) is 0 Å². The Labute approximate surface area is 129 Å². The Bertz CT molecular complexity index is 622. The van der Waals surface area contributed by atoms with Gasteiger partial charge in [-0.05, 0) is 43.7 Å². The molecular weight excluding hydrogens is 286 g/mol. The summed E-state index contributed by atoms with van der Waals surface area (Å²) in [5, 5.41) is 3.88. The molecule has 0 fully saturated rings. The van der Waals surface area contributed by atoms with Crippen LogP contribution in [0, 0.1) is 6.92 Å². The van der Waals surface area contributed by atoms with Gasteiger partial charge in [-0.2, -0.15) is 0 Å². The fraction of sp³-hybridized carbons (Fsp3) is 0.235. The van der Waals surface area contributed by atoms with Crippen molar-refractivity contribution >= 4 is 23.3 Å². The molecule has 0 radical (unpaired) electrons. The summed E-state index contributed by atoms with van der Waals surface area (Å²) >= 11 is 5.89. The molecule has 1 N–H and O–H groups in total. The third kappa shape index (κ3) is 3.37. The maximum atomic E-state index is 12.3. The van der Waals surface area contributed by atoms with Gasteiger partial charge in [0.2, 0.25) is 0 Å². The van der Waals surface area contributed by atoms with Crippen LogP contribution in [-0.4, -0.2) is 13.1 Å². The molecule has 0 bridgehead atoms. The number of carbonyl (C=O) groups is 1. The average molecular weight is 304 g/mol. The highest BCUT2D eigenvalue weighted by Crippen LogP contribution is 2.28. The van der Waals surface area contributed by atoms with Crippen molar-refractivity contribution in [2.24, 2.45) is 0 Å². The molecule has 0 spiro atoms. The molecule has 0 aliphatic rings. The van der Waals surface area contributed by atoms with Crippen molar-refractivity contribution in [2.75, 3.05) is 12.4 Å². The van der Waals surface area contributed by atoms with Crippen LogP contribution in [0.2, 0.25) is 5.02 Å². The van der Waals surface area contributed by atoms with Crippen LogP contribution in [-0.2, 0) is 15.1 Å². The van der Waals surface area contributed by atoms with E-state index in [0.29, 0.717) is 5.02 Å². The van der Waals surface area contributed by atoms with Gasteiger partial charge in [0.25, 0.3) is 0 Å². The molecular formula is C17H18ClNO2. The van der Waals surface area contributed by atoms with Crippen molar-refractivity contribution in [3.63, 3.8) is 0 Å². The van der Waals surface area contributed by atoms with Gasteiger partial charge in [0.1, 0.15) is 0 Å². The SMILES string of the molecule is COC(=O)C(C)(Nc1ccc(Cl)cc1)c1ccc(C)cc1. The highest BCUT2D eigenvalue weighted by atomic mass is 35.5. The predicted octanol–water partition coefficient (Wildman–Crippen LogP) is 4.15. The summed E-state index contributed by atoms with van der Waals surface area (Å²) in [6.07, 6.45) is 0. The normalized spacial score (nSPS) is 13.3. The highest BCUT2D eigenvalue weighted by Gasteiger charge is 2.36. The van der Waals surface area contributed by atoms with Crippen LogP contribution in [0.5, 0.6) is 0 Å². The quantitative estimate of drug-likeness (QED) is 0.862. The van der Waals surface area contributed by atoms with E-state index in [-0.39, 0.29) is 5.97 Å². The molecule has 2 rings (SSSR count). The minimum atomic E-state index is -0.962. The first-order valence-corrected chi connectivity index (χ1v) is 7.03. The topological polar surface area (TPSA) is 38.3 Å². The van der Waals surface area contributed by atoms with Crippen LogP contribution >= 0.6 is 11.6 Å². The van der Waals surface area contributed by atoms with Crippen LogP contribution < -0.4 is 5.32 Å². The molecule has 0 saturated heterocycles. The van der Waals surface area contributed by atoms with Gasteiger partial charge in [-0.3, -0.25) is 0 Å². The van der Waals surface area contributed by atoms with E-state index < -0.39 is 5.54 Å². The average Bonchev–Trinajstić information content (AvgIpc) is 2.49. The van der Waals surface area contributed by atoms with E-state index >= 15 is 0 Å². The first-order valence-electron chi connectivity index (χ1n) is 6.65. The van der Waals surface area contributed by atoms with Gasteiger partial charge in [-0.15, -0.1) is 0 Å². The van der Waals surface area contributed by atoms with E-state index in [2.05, 4.69) is 5.32 Å². The van der Waals surface area contributed by atoms with Crippen molar-refractivity contribution in [2.45, 2.75) is 19.4 Å². The summed E-state index contributed by atoms with van der Waals surface area (Å²) < 4.78 is 4.97. The molecule has 21 heavy (non-hydrogen) atoms. The number of hydrogen-bond donors (Lipinski definition) is 1. The first kappa shape index (κ1) is 15.4. The second-order valence-electron chi connectivity index (χ2n) is 5.11. The van der Waals surface area contributed by atoms with E-state index in [4.69, 9.17) is 16.3 Å². The molecule has 110 valence electrons. The molecule has 0 aromatic heterocycles. The minimum absolute atomic E-state index is 0.346. The fourth-order valence-corrected chi connectivity index (χ4v) is 2.28. The number of anilines is 1. The number of hydrogen-bond acceptors (Lipinski definition) is 3. The van der Waals surface area contributed by atoms with Crippen molar-refractivity contribution in [1.82, 2.24) is 0 Å². The van der Waals surface area contributed by atoms with Crippen LogP contribution in [0.15, 0.2) is 48.5 Å². The summed E-state index contributed by atoms with van der Waals surface area (Å²) in [5.74, 6) is -0.346. The molecule has 0 amide bonds. The molecule has 0 saturated carbocycles. The molecule has 2 aromatic rings. The lowest BCUT2D eigenvalue weighted by molar-refractivity contribution is -0.145. The molecule has 1 unspecified atom stereocenters. The van der Waals surface area contributed by atoms with Gasteiger partial charge in [0.05, 0.1) is 7.11 Å². The van der Waals surface area contributed by atoms with Crippen LogP contribution in [0.25, 0.3) is 0 Å². The van der Waals surface area contributed by atoms with Crippen molar-refractivity contribution in [3.8, 4) is 0 Å². The summed E-state index contributed by atoms with van der Waals surface area (Å²) in [4.78, 5) is 12.3. The zero-order chi connectivity index (χ0) is 15.5. The van der Waals surface area contributed by atoms with E-state index in [1.165, 1.54) is 7.11 Å². The fourth-order valence-electron chi connectivity index (χ4n) is 2.15. The Morgan fingerprint density at radius 2 is 1.67 bits per heavy atom. The Balaban J connectivity index is 2.39. The number of methoxy groups -OCH3 is 1. The predicted molar refractivity (Wildman–Crippen MR) is 85.6 cm³/mol. The second kappa shape index (κ2) is 6.19. The minimum Gasteiger partial charge on any atom is -0.467 e. The summed E-state index contributed by atoms with van der Waals surface area (Å²) in [5.41, 5.74) is 1.82. The number of nitrogens with one attached hydrogen (secondary N) is 1. The zero-order valence-electron chi connectivity index (χ0n) is 12.3.